The molecular formula is C33H32N4O2. The minimum Gasteiger partial charge on any atom is -0.377 e. The molecule has 3 aromatic rings. The van der Waals surface area contributed by atoms with Crippen molar-refractivity contribution in [2.75, 3.05) is 38.0 Å². The average Bonchev–Trinajstić information content (AvgIpc) is 3.84. The lowest BCUT2D eigenvalue weighted by Crippen LogP contribution is -2.48. The second-order valence-electron chi connectivity index (χ2n) is 11.0. The van der Waals surface area contributed by atoms with E-state index in [-0.39, 0.29) is 30.2 Å². The van der Waals surface area contributed by atoms with Gasteiger partial charge in [0.05, 0.1) is 17.7 Å². The summed E-state index contributed by atoms with van der Waals surface area (Å²) in [6.07, 6.45) is 2.09. The van der Waals surface area contributed by atoms with E-state index in [2.05, 4.69) is 65.3 Å². The number of hydrogen-bond acceptors (Lipinski definition) is 5. The number of nitrogens with zero attached hydrogens (tertiary/aromatic N) is 3. The molecular weight excluding hydrogens is 484 g/mol. The molecule has 6 nitrogen and oxygen atoms in total. The van der Waals surface area contributed by atoms with Gasteiger partial charge in [-0.05, 0) is 41.7 Å². The fourth-order valence-corrected chi connectivity index (χ4v) is 6.33. The normalized spacial score (nSPS) is 22.1. The van der Waals surface area contributed by atoms with E-state index in [1.54, 1.807) is 0 Å². The molecule has 0 radical (unpaired) electrons. The first kappa shape index (κ1) is 23.9. The zero-order chi connectivity index (χ0) is 26.5. The number of ketones is 1. The van der Waals surface area contributed by atoms with E-state index in [1.165, 1.54) is 5.56 Å². The van der Waals surface area contributed by atoms with Gasteiger partial charge in [-0.25, -0.2) is 0 Å². The third-order valence-corrected chi connectivity index (χ3v) is 8.59. The highest BCUT2D eigenvalue weighted by Gasteiger charge is 2.40. The van der Waals surface area contributed by atoms with Crippen molar-refractivity contribution in [3.05, 3.63) is 107 Å². The fourth-order valence-electron chi connectivity index (χ4n) is 6.33. The molecule has 39 heavy (non-hydrogen) atoms. The Kier molecular flexibility index (Phi) is 5.84. The van der Waals surface area contributed by atoms with Crippen LogP contribution in [0.25, 0.3) is 5.70 Å². The number of benzene rings is 3. The molecule has 3 heterocycles. The van der Waals surface area contributed by atoms with Gasteiger partial charge in [-0.15, -0.1) is 0 Å². The molecule has 1 saturated carbocycles. The lowest BCUT2D eigenvalue weighted by Gasteiger charge is -2.39. The summed E-state index contributed by atoms with van der Waals surface area (Å²) in [5.74, 6) is 0.595. The molecule has 3 aliphatic heterocycles. The van der Waals surface area contributed by atoms with E-state index in [0.717, 1.165) is 78.4 Å². The van der Waals surface area contributed by atoms with Gasteiger partial charge in [0.15, 0.2) is 5.78 Å². The lowest BCUT2D eigenvalue weighted by atomic mass is 9.75. The molecule has 2 unspecified atom stereocenters. The molecule has 196 valence electrons. The average molecular weight is 517 g/mol. The van der Waals surface area contributed by atoms with Crippen LogP contribution in [0.15, 0.2) is 84.4 Å². The number of nitrogens with one attached hydrogen (secondary N) is 1. The molecule has 7 rings (SSSR count). The van der Waals surface area contributed by atoms with Crippen LogP contribution in [0.5, 0.6) is 0 Å². The van der Waals surface area contributed by atoms with Gasteiger partial charge in [0.25, 0.3) is 0 Å². The van der Waals surface area contributed by atoms with E-state index in [0.29, 0.717) is 5.91 Å². The van der Waals surface area contributed by atoms with Crippen molar-refractivity contribution in [1.82, 2.24) is 9.80 Å². The van der Waals surface area contributed by atoms with Gasteiger partial charge in [-0.3, -0.25) is 14.6 Å². The summed E-state index contributed by atoms with van der Waals surface area (Å²) in [7, 11) is 0. The number of aliphatic imine (C=N–C) groups is 1. The highest BCUT2D eigenvalue weighted by atomic mass is 16.2. The van der Waals surface area contributed by atoms with Crippen LogP contribution < -0.4 is 5.32 Å². The molecule has 2 atom stereocenters. The number of amides is 1. The van der Waals surface area contributed by atoms with Crippen LogP contribution in [0, 0.1) is 5.92 Å². The molecule has 0 spiro atoms. The Morgan fingerprint density at radius 1 is 0.872 bits per heavy atom. The maximum absolute atomic E-state index is 12.8. The Morgan fingerprint density at radius 3 is 2.36 bits per heavy atom. The van der Waals surface area contributed by atoms with Crippen molar-refractivity contribution in [2.24, 2.45) is 10.9 Å². The van der Waals surface area contributed by atoms with Gasteiger partial charge < -0.3 is 15.1 Å². The summed E-state index contributed by atoms with van der Waals surface area (Å²) >= 11 is 0. The van der Waals surface area contributed by atoms with Crippen LogP contribution >= 0.6 is 0 Å². The van der Waals surface area contributed by atoms with E-state index < -0.39 is 0 Å². The molecule has 1 saturated heterocycles. The predicted octanol–water partition coefficient (Wildman–Crippen LogP) is 5.15. The van der Waals surface area contributed by atoms with E-state index in [1.807, 2.05) is 29.2 Å². The Labute approximate surface area is 229 Å². The maximum atomic E-state index is 12.8. The van der Waals surface area contributed by atoms with Gasteiger partial charge in [0.1, 0.15) is 6.54 Å². The van der Waals surface area contributed by atoms with Crippen molar-refractivity contribution >= 4 is 28.8 Å². The highest BCUT2D eigenvalue weighted by molar-refractivity contribution is 6.21. The number of piperazine rings is 1. The number of hydrogen-bond donors (Lipinski definition) is 1. The molecule has 0 bridgehead atoms. The summed E-state index contributed by atoms with van der Waals surface area (Å²) in [5, 5.41) is 3.76. The van der Waals surface area contributed by atoms with Gasteiger partial charge in [0, 0.05) is 54.6 Å². The maximum Gasteiger partial charge on any atom is 0.225 e. The number of carbonyl (C=O) groups is 2. The smallest absolute Gasteiger partial charge is 0.225 e. The Hall–Kier alpha value is -4.19. The van der Waals surface area contributed by atoms with Gasteiger partial charge in [-0.2, -0.15) is 0 Å². The van der Waals surface area contributed by atoms with E-state index >= 15 is 0 Å². The second-order valence-corrected chi connectivity index (χ2v) is 11.0. The van der Waals surface area contributed by atoms with Crippen molar-refractivity contribution in [3.8, 4) is 0 Å². The minimum absolute atomic E-state index is 0.0265. The summed E-state index contributed by atoms with van der Waals surface area (Å²) in [6, 6.07) is 25.0. The number of carbonyl (C=O) groups excluding carboxylic acids is 2. The van der Waals surface area contributed by atoms with Crippen LogP contribution in [0.3, 0.4) is 0 Å². The zero-order valence-electron chi connectivity index (χ0n) is 22.0. The molecule has 1 N–H and O–H groups in total. The first-order valence-corrected chi connectivity index (χ1v) is 13.9. The zero-order valence-corrected chi connectivity index (χ0v) is 22.0. The standard InChI is InChI=1S/C33H32N4O2/c1-21(36-15-17-37(18-16-36)33(39)23-13-14-23)24-9-5-10-25(19-24)29-31(22-7-3-2-4-8-22)35-27-12-6-11-26-28(38)20-34-32(29)30(26)27/h2-12,19,23,29,31,35H,1,13-18,20H2. The van der Waals surface area contributed by atoms with E-state index in [9.17, 15) is 9.59 Å². The Bertz CT molecular complexity index is 1500. The predicted molar refractivity (Wildman–Crippen MR) is 154 cm³/mol. The van der Waals surface area contributed by atoms with Crippen LogP contribution in [0.4, 0.5) is 5.69 Å². The number of Topliss-reactive ketones (excluding diaryl/α,β-unsaturated/α-hetero) is 1. The molecule has 1 aliphatic carbocycles. The largest absolute Gasteiger partial charge is 0.377 e. The lowest BCUT2D eigenvalue weighted by molar-refractivity contribution is -0.133. The van der Waals surface area contributed by atoms with Gasteiger partial charge >= 0.3 is 0 Å². The Morgan fingerprint density at radius 2 is 1.59 bits per heavy atom. The first-order valence-electron chi connectivity index (χ1n) is 13.9. The molecule has 0 aromatic heterocycles. The summed E-state index contributed by atoms with van der Waals surface area (Å²) in [4.78, 5) is 34.5. The number of anilines is 1. The summed E-state index contributed by atoms with van der Waals surface area (Å²) in [6.45, 7) is 7.75. The van der Waals surface area contributed by atoms with Crippen molar-refractivity contribution < 1.29 is 9.59 Å². The Balaban J connectivity index is 1.22. The van der Waals surface area contributed by atoms with Crippen LogP contribution in [0.2, 0.25) is 0 Å². The van der Waals surface area contributed by atoms with Gasteiger partial charge in [-0.1, -0.05) is 67.2 Å². The molecule has 1 amide bonds. The molecule has 4 aliphatic rings. The quantitative estimate of drug-likeness (QED) is 0.510. The summed E-state index contributed by atoms with van der Waals surface area (Å²) < 4.78 is 0. The van der Waals surface area contributed by atoms with Crippen molar-refractivity contribution in [2.45, 2.75) is 24.8 Å². The second kappa shape index (κ2) is 9.53. The monoisotopic (exact) mass is 516 g/mol. The third-order valence-electron chi connectivity index (χ3n) is 8.59. The summed E-state index contributed by atoms with van der Waals surface area (Å²) in [5.41, 5.74) is 8.01. The number of rotatable bonds is 5. The van der Waals surface area contributed by atoms with Crippen molar-refractivity contribution in [1.29, 1.82) is 0 Å². The van der Waals surface area contributed by atoms with Gasteiger partial charge in [0.2, 0.25) is 5.91 Å². The SMILES string of the molecule is C=C(c1cccc(C2C3=NCC(=O)c4cccc(c43)NC2c2ccccc2)c1)N1CCN(C(=O)C2CC2)CC1. The van der Waals surface area contributed by atoms with Crippen molar-refractivity contribution in [3.63, 3.8) is 0 Å². The van der Waals surface area contributed by atoms with Crippen LogP contribution in [0.1, 0.15) is 57.4 Å². The van der Waals surface area contributed by atoms with Crippen LogP contribution in [-0.2, 0) is 4.79 Å². The molecule has 2 fully saturated rings. The minimum atomic E-state index is -0.0603. The highest BCUT2D eigenvalue weighted by Crippen LogP contribution is 2.45. The molecule has 3 aromatic carbocycles. The first-order chi connectivity index (χ1) is 19.1. The van der Waals surface area contributed by atoms with E-state index in [4.69, 9.17) is 4.99 Å². The molecule has 6 heteroatoms. The fraction of sp³-hybridized carbons (Fsp3) is 0.303. The van der Waals surface area contributed by atoms with Crippen LogP contribution in [-0.4, -0.2) is 59.9 Å². The topological polar surface area (TPSA) is 65.0 Å². The third kappa shape index (κ3) is 4.24.